The average Bonchev–Trinajstić information content (AvgIpc) is 2.25. The van der Waals surface area contributed by atoms with Gasteiger partial charge in [-0.05, 0) is 11.5 Å². The first-order chi connectivity index (χ1) is 7.24. The number of methoxy groups -OCH3 is 1. The van der Waals surface area contributed by atoms with Gasteiger partial charge in [0.25, 0.3) is 0 Å². The lowest BCUT2D eigenvalue weighted by molar-refractivity contribution is 0.170. The molecule has 0 amide bonds. The lowest BCUT2D eigenvalue weighted by atomic mass is 9.81. The van der Waals surface area contributed by atoms with Crippen molar-refractivity contribution >= 4 is 12.6 Å². The average molecular weight is 211 g/mol. The summed E-state index contributed by atoms with van der Waals surface area (Å²) < 4.78 is 10.1. The maximum Gasteiger partial charge on any atom is 0.488 e. The highest BCUT2D eigenvalue weighted by Crippen LogP contribution is 2.02. The Kier molecular flexibility index (Phi) is 5.10. The molecule has 1 aromatic rings. The van der Waals surface area contributed by atoms with E-state index in [1.165, 1.54) is 18.3 Å². The molecule has 0 aliphatic rings. The van der Waals surface area contributed by atoms with Crippen LogP contribution in [0.4, 0.5) is 0 Å². The SMILES string of the molecule is COCCCOc1cc(B(O)O)ccn1. The normalized spacial score (nSPS) is 10.1. The van der Waals surface area contributed by atoms with Crippen LogP contribution in [0.2, 0.25) is 0 Å². The van der Waals surface area contributed by atoms with Gasteiger partial charge in [0.05, 0.1) is 6.61 Å². The van der Waals surface area contributed by atoms with E-state index in [4.69, 9.17) is 19.5 Å². The van der Waals surface area contributed by atoms with Crippen LogP contribution in [0.15, 0.2) is 18.3 Å². The maximum atomic E-state index is 8.91. The molecule has 2 N–H and O–H groups in total. The van der Waals surface area contributed by atoms with E-state index in [1.54, 1.807) is 7.11 Å². The van der Waals surface area contributed by atoms with Crippen LogP contribution in [0.25, 0.3) is 0 Å². The zero-order valence-corrected chi connectivity index (χ0v) is 8.59. The van der Waals surface area contributed by atoms with Gasteiger partial charge in [0.15, 0.2) is 0 Å². The Balaban J connectivity index is 2.43. The molecule has 0 fully saturated rings. The zero-order valence-electron chi connectivity index (χ0n) is 8.59. The summed E-state index contributed by atoms with van der Waals surface area (Å²) in [4.78, 5) is 3.93. The Morgan fingerprint density at radius 3 is 2.87 bits per heavy atom. The van der Waals surface area contributed by atoms with E-state index in [-0.39, 0.29) is 0 Å². The zero-order chi connectivity index (χ0) is 11.1. The van der Waals surface area contributed by atoms with Gasteiger partial charge in [-0.3, -0.25) is 0 Å². The van der Waals surface area contributed by atoms with E-state index in [1.807, 2.05) is 0 Å². The lowest BCUT2D eigenvalue weighted by Gasteiger charge is -2.06. The van der Waals surface area contributed by atoms with Crippen LogP contribution in [0, 0.1) is 0 Å². The van der Waals surface area contributed by atoms with Gasteiger partial charge >= 0.3 is 7.12 Å². The number of hydrogen-bond donors (Lipinski definition) is 2. The van der Waals surface area contributed by atoms with Crippen LogP contribution in [-0.2, 0) is 4.74 Å². The summed E-state index contributed by atoms with van der Waals surface area (Å²) in [7, 11) is 0.135. The fourth-order valence-electron chi connectivity index (χ4n) is 1.04. The lowest BCUT2D eigenvalue weighted by Crippen LogP contribution is -2.29. The second-order valence-electron chi connectivity index (χ2n) is 3.00. The third-order valence-electron chi connectivity index (χ3n) is 1.80. The van der Waals surface area contributed by atoms with E-state index in [0.717, 1.165) is 6.42 Å². The van der Waals surface area contributed by atoms with E-state index in [2.05, 4.69) is 4.98 Å². The number of aromatic nitrogens is 1. The molecule has 5 nitrogen and oxygen atoms in total. The smallest absolute Gasteiger partial charge is 0.478 e. The molecule has 6 heteroatoms. The van der Waals surface area contributed by atoms with Gasteiger partial charge < -0.3 is 19.5 Å². The first-order valence-corrected chi connectivity index (χ1v) is 4.68. The second-order valence-corrected chi connectivity index (χ2v) is 3.00. The Labute approximate surface area is 88.8 Å². The van der Waals surface area contributed by atoms with Gasteiger partial charge in [-0.15, -0.1) is 0 Å². The highest BCUT2D eigenvalue weighted by atomic mass is 16.5. The summed E-state index contributed by atoms with van der Waals surface area (Å²) in [5.41, 5.74) is 0.367. The van der Waals surface area contributed by atoms with Crippen LogP contribution >= 0.6 is 0 Å². The van der Waals surface area contributed by atoms with E-state index in [9.17, 15) is 0 Å². The van der Waals surface area contributed by atoms with Gasteiger partial charge in [0.2, 0.25) is 5.88 Å². The molecule has 1 aromatic heterocycles. The molecule has 1 heterocycles. The topological polar surface area (TPSA) is 71.8 Å². The molecule has 82 valence electrons. The molecular weight excluding hydrogens is 197 g/mol. The number of ether oxygens (including phenoxy) is 2. The minimum atomic E-state index is -1.49. The number of hydrogen-bond acceptors (Lipinski definition) is 5. The van der Waals surface area contributed by atoms with E-state index in [0.29, 0.717) is 24.6 Å². The molecule has 0 bridgehead atoms. The van der Waals surface area contributed by atoms with E-state index >= 15 is 0 Å². The van der Waals surface area contributed by atoms with Crippen molar-refractivity contribution in [2.45, 2.75) is 6.42 Å². The summed E-state index contributed by atoms with van der Waals surface area (Å²) in [5, 5.41) is 17.8. The maximum absolute atomic E-state index is 8.91. The molecule has 0 spiro atoms. The third kappa shape index (κ3) is 4.29. The van der Waals surface area contributed by atoms with Crippen molar-refractivity contribution in [3.63, 3.8) is 0 Å². The van der Waals surface area contributed by atoms with Gasteiger partial charge in [0.1, 0.15) is 0 Å². The fourth-order valence-corrected chi connectivity index (χ4v) is 1.04. The molecule has 1 rings (SSSR count). The highest BCUT2D eigenvalue weighted by molar-refractivity contribution is 6.58. The summed E-state index contributed by atoms with van der Waals surface area (Å²) in [5.74, 6) is 0.386. The molecule has 15 heavy (non-hydrogen) atoms. The van der Waals surface area contributed by atoms with Gasteiger partial charge in [-0.25, -0.2) is 4.98 Å². The van der Waals surface area contributed by atoms with Crippen LogP contribution < -0.4 is 10.2 Å². The fraction of sp³-hybridized carbons (Fsp3) is 0.444. The highest BCUT2D eigenvalue weighted by Gasteiger charge is 2.11. The van der Waals surface area contributed by atoms with Gasteiger partial charge in [-0.2, -0.15) is 0 Å². The minimum absolute atomic E-state index is 0.367. The first kappa shape index (κ1) is 12.0. The third-order valence-corrected chi connectivity index (χ3v) is 1.80. The quantitative estimate of drug-likeness (QED) is 0.475. The molecule has 0 atom stereocenters. The number of nitrogens with zero attached hydrogens (tertiary/aromatic N) is 1. The molecule has 0 unspecified atom stereocenters. The van der Waals surface area contributed by atoms with Crippen molar-refractivity contribution in [2.24, 2.45) is 0 Å². The van der Waals surface area contributed by atoms with Crippen LogP contribution in [0.1, 0.15) is 6.42 Å². The second kappa shape index (κ2) is 6.39. The molecule has 0 aromatic carbocycles. The molecule has 0 aliphatic carbocycles. The van der Waals surface area contributed by atoms with Crippen molar-refractivity contribution in [2.75, 3.05) is 20.3 Å². The first-order valence-electron chi connectivity index (χ1n) is 4.68. The van der Waals surface area contributed by atoms with Crippen molar-refractivity contribution in [1.29, 1.82) is 0 Å². The Morgan fingerprint density at radius 2 is 2.20 bits per heavy atom. The summed E-state index contributed by atoms with van der Waals surface area (Å²) >= 11 is 0. The summed E-state index contributed by atoms with van der Waals surface area (Å²) in [6.45, 7) is 1.12. The largest absolute Gasteiger partial charge is 0.488 e. The number of rotatable bonds is 6. The predicted molar refractivity (Wildman–Crippen MR) is 56.1 cm³/mol. The van der Waals surface area contributed by atoms with Crippen molar-refractivity contribution in [1.82, 2.24) is 4.98 Å². The summed E-state index contributed by atoms with van der Waals surface area (Å²) in [6, 6.07) is 3.02. The number of pyridine rings is 1. The van der Waals surface area contributed by atoms with E-state index < -0.39 is 7.12 Å². The van der Waals surface area contributed by atoms with Crippen LogP contribution in [0.5, 0.6) is 5.88 Å². The predicted octanol–water partition coefficient (Wildman–Crippen LogP) is -0.823. The Hall–Kier alpha value is -1.11. The summed E-state index contributed by atoms with van der Waals surface area (Å²) in [6.07, 6.45) is 2.24. The molecular formula is C9H14BNO4. The molecule has 0 saturated carbocycles. The monoisotopic (exact) mass is 211 g/mol. The van der Waals surface area contributed by atoms with Gasteiger partial charge in [-0.1, -0.05) is 0 Å². The Morgan fingerprint density at radius 1 is 1.40 bits per heavy atom. The molecule has 0 saturated heterocycles. The van der Waals surface area contributed by atoms with Crippen LogP contribution in [-0.4, -0.2) is 42.5 Å². The van der Waals surface area contributed by atoms with Crippen molar-refractivity contribution in [3.05, 3.63) is 18.3 Å². The van der Waals surface area contributed by atoms with Crippen LogP contribution in [0.3, 0.4) is 0 Å². The minimum Gasteiger partial charge on any atom is -0.478 e. The van der Waals surface area contributed by atoms with Gasteiger partial charge in [0, 0.05) is 32.4 Å². The molecule has 0 radical (unpaired) electrons. The standard InChI is InChI=1S/C9H14BNO4/c1-14-5-2-6-15-9-7-8(10(12)13)3-4-11-9/h3-4,7,12-13H,2,5-6H2,1H3. The Bertz CT molecular complexity index is 295. The van der Waals surface area contributed by atoms with Crippen molar-refractivity contribution in [3.8, 4) is 5.88 Å². The van der Waals surface area contributed by atoms with Crippen molar-refractivity contribution < 1.29 is 19.5 Å². The molecule has 0 aliphatic heterocycles.